The number of quaternary nitrogens is 1. The van der Waals surface area contributed by atoms with E-state index >= 15 is 0 Å². The van der Waals surface area contributed by atoms with Gasteiger partial charge in [0.2, 0.25) is 0 Å². The topological polar surface area (TPSA) is 111 Å². The fourth-order valence-electron chi connectivity index (χ4n) is 8.08. The number of nitrogens with zero attached hydrogens (tertiary/aromatic N) is 1. The van der Waals surface area contributed by atoms with Gasteiger partial charge >= 0.3 is 11.9 Å². The van der Waals surface area contributed by atoms with Crippen LogP contribution in [0.4, 0.5) is 0 Å². The second-order valence-corrected chi connectivity index (χ2v) is 20.2. The maximum atomic E-state index is 12.8. The van der Waals surface area contributed by atoms with Crippen molar-refractivity contribution < 1.29 is 42.9 Å². The Bertz CT molecular complexity index is 1190. The number of aliphatic carboxylic acids is 1. The summed E-state index contributed by atoms with van der Waals surface area (Å²) in [4.78, 5) is 37.1. The molecule has 0 saturated heterocycles. The van der Waals surface area contributed by atoms with Gasteiger partial charge in [-0.05, 0) is 44.9 Å². The van der Waals surface area contributed by atoms with E-state index < -0.39 is 24.3 Å². The number of allylic oxidation sites excluding steroid dienone is 6. The van der Waals surface area contributed by atoms with Crippen molar-refractivity contribution in [2.24, 2.45) is 0 Å². The standard InChI is InChI=1S/C58H107NO8/c1-6-8-10-12-14-16-18-20-21-22-23-24-25-26-27-28-29-30-31-32-33-34-35-37-38-40-42-44-46-48-55(60)65-52-54(53-66-58(57(62)63)64-51-50-59(3,4)5)67-56(61)49-47-45-43-41-39-36-19-17-15-13-11-9-7-2/h9,11,15,17,36,39,54,58H,6-8,10,12-14,16,18-35,37-38,40-53H2,1-5H3/b11-9-,17-15-,39-36-. The zero-order valence-electron chi connectivity index (χ0n) is 44.5. The number of carbonyl (C=O) groups excluding carboxylic acids is 3. The summed E-state index contributed by atoms with van der Waals surface area (Å²) in [6.45, 7) is 4.62. The second-order valence-electron chi connectivity index (χ2n) is 20.2. The lowest BCUT2D eigenvalue weighted by Gasteiger charge is -2.26. The number of hydrogen-bond acceptors (Lipinski definition) is 8. The normalized spacial score (nSPS) is 13.0. The summed E-state index contributed by atoms with van der Waals surface area (Å²) in [6.07, 6.45) is 56.5. The zero-order chi connectivity index (χ0) is 49.2. The molecular formula is C58H107NO8. The second kappa shape index (κ2) is 49.9. The third-order valence-electron chi connectivity index (χ3n) is 12.4. The summed E-state index contributed by atoms with van der Waals surface area (Å²) in [5.41, 5.74) is 0. The van der Waals surface area contributed by atoms with Crippen molar-refractivity contribution in [2.45, 2.75) is 270 Å². The zero-order valence-corrected chi connectivity index (χ0v) is 44.5. The van der Waals surface area contributed by atoms with E-state index in [2.05, 4.69) is 50.3 Å². The predicted octanol–water partition coefficient (Wildman–Crippen LogP) is 14.8. The van der Waals surface area contributed by atoms with E-state index in [4.69, 9.17) is 18.9 Å². The first kappa shape index (κ1) is 64.5. The lowest BCUT2D eigenvalue weighted by Crippen LogP contribution is -2.44. The number of carboxylic acids is 1. The first-order chi connectivity index (χ1) is 32.6. The van der Waals surface area contributed by atoms with Gasteiger partial charge in [0, 0.05) is 12.8 Å². The fraction of sp³-hybridized carbons (Fsp3) is 0.845. The van der Waals surface area contributed by atoms with Crippen molar-refractivity contribution >= 4 is 17.9 Å². The molecule has 0 aliphatic rings. The molecule has 392 valence electrons. The van der Waals surface area contributed by atoms with E-state index in [0.29, 0.717) is 17.4 Å². The Balaban J connectivity index is 4.09. The summed E-state index contributed by atoms with van der Waals surface area (Å²) in [5, 5.41) is 11.7. The molecule has 0 aliphatic heterocycles. The summed E-state index contributed by atoms with van der Waals surface area (Å²) in [5.74, 6) is -2.31. The van der Waals surface area contributed by atoms with E-state index in [9.17, 15) is 19.5 Å². The van der Waals surface area contributed by atoms with Crippen LogP contribution in [0, 0.1) is 0 Å². The van der Waals surface area contributed by atoms with Crippen molar-refractivity contribution in [1.82, 2.24) is 0 Å². The molecule has 0 saturated carbocycles. The molecule has 0 aromatic heterocycles. The lowest BCUT2D eigenvalue weighted by molar-refractivity contribution is -0.870. The molecule has 9 heteroatoms. The van der Waals surface area contributed by atoms with Gasteiger partial charge in [-0.3, -0.25) is 9.59 Å². The van der Waals surface area contributed by atoms with Gasteiger partial charge in [0.15, 0.2) is 12.4 Å². The van der Waals surface area contributed by atoms with Gasteiger partial charge < -0.3 is 33.3 Å². The van der Waals surface area contributed by atoms with E-state index in [1.54, 1.807) is 0 Å². The minimum Gasteiger partial charge on any atom is -0.545 e. The van der Waals surface area contributed by atoms with Crippen molar-refractivity contribution in [1.29, 1.82) is 0 Å². The summed E-state index contributed by atoms with van der Waals surface area (Å²) >= 11 is 0. The minimum atomic E-state index is -1.63. The molecule has 2 atom stereocenters. The molecule has 0 radical (unpaired) electrons. The Morgan fingerprint density at radius 3 is 1.27 bits per heavy atom. The molecular weight excluding hydrogens is 839 g/mol. The third kappa shape index (κ3) is 51.2. The van der Waals surface area contributed by atoms with Crippen LogP contribution in [0.15, 0.2) is 36.5 Å². The van der Waals surface area contributed by atoms with Gasteiger partial charge in [0.05, 0.1) is 40.3 Å². The molecule has 9 nitrogen and oxygen atoms in total. The number of likely N-dealkylation sites (N-methyl/N-ethyl adjacent to an activating group) is 1. The van der Waals surface area contributed by atoms with E-state index in [1.165, 1.54) is 167 Å². The minimum absolute atomic E-state index is 0.143. The highest BCUT2D eigenvalue weighted by molar-refractivity contribution is 5.70. The Kier molecular flexibility index (Phi) is 48.1. The molecule has 0 fully saturated rings. The number of esters is 2. The molecule has 0 spiro atoms. The number of hydrogen-bond donors (Lipinski definition) is 0. The van der Waals surface area contributed by atoms with Crippen LogP contribution in [0.3, 0.4) is 0 Å². The summed E-state index contributed by atoms with van der Waals surface area (Å²) in [6, 6.07) is 0. The van der Waals surface area contributed by atoms with Gasteiger partial charge in [0.25, 0.3) is 0 Å². The van der Waals surface area contributed by atoms with Crippen molar-refractivity contribution in [3.63, 3.8) is 0 Å². The molecule has 67 heavy (non-hydrogen) atoms. The van der Waals surface area contributed by atoms with Crippen LogP contribution in [0.2, 0.25) is 0 Å². The third-order valence-corrected chi connectivity index (χ3v) is 12.4. The number of carbonyl (C=O) groups is 3. The lowest BCUT2D eigenvalue weighted by atomic mass is 10.0. The molecule has 0 aromatic carbocycles. The number of rotatable bonds is 52. The van der Waals surface area contributed by atoms with E-state index in [-0.39, 0.29) is 38.6 Å². The Labute approximate surface area is 413 Å². The highest BCUT2D eigenvalue weighted by atomic mass is 16.7. The largest absolute Gasteiger partial charge is 0.545 e. The molecule has 0 heterocycles. The average Bonchev–Trinajstić information content (AvgIpc) is 3.29. The first-order valence-corrected chi connectivity index (χ1v) is 28.1. The van der Waals surface area contributed by atoms with Crippen molar-refractivity contribution in [2.75, 3.05) is 47.5 Å². The molecule has 0 aliphatic carbocycles. The van der Waals surface area contributed by atoms with Crippen molar-refractivity contribution in [3.8, 4) is 0 Å². The van der Waals surface area contributed by atoms with Crippen LogP contribution in [0.5, 0.6) is 0 Å². The van der Waals surface area contributed by atoms with Crippen LogP contribution in [0.1, 0.15) is 258 Å². The quantitative estimate of drug-likeness (QED) is 0.0195. The summed E-state index contributed by atoms with van der Waals surface area (Å²) in [7, 11) is 5.91. The molecule has 0 aromatic rings. The van der Waals surface area contributed by atoms with Crippen LogP contribution < -0.4 is 5.11 Å². The van der Waals surface area contributed by atoms with Gasteiger partial charge in [-0.2, -0.15) is 0 Å². The van der Waals surface area contributed by atoms with Crippen LogP contribution in [-0.4, -0.2) is 82.3 Å². The highest BCUT2D eigenvalue weighted by Crippen LogP contribution is 2.17. The van der Waals surface area contributed by atoms with Crippen LogP contribution >= 0.6 is 0 Å². The monoisotopic (exact) mass is 946 g/mol. The van der Waals surface area contributed by atoms with Gasteiger partial charge in [-0.1, -0.05) is 237 Å². The molecule has 0 bridgehead atoms. The molecule has 2 unspecified atom stereocenters. The van der Waals surface area contributed by atoms with Crippen LogP contribution in [-0.2, 0) is 33.3 Å². The molecule has 0 amide bonds. The Morgan fingerprint density at radius 1 is 0.463 bits per heavy atom. The van der Waals surface area contributed by atoms with E-state index in [1.807, 2.05) is 21.1 Å². The highest BCUT2D eigenvalue weighted by Gasteiger charge is 2.22. The van der Waals surface area contributed by atoms with Gasteiger partial charge in [0.1, 0.15) is 13.2 Å². The maximum Gasteiger partial charge on any atom is 0.306 e. The SMILES string of the molecule is CC/C=C\C/C=C\C/C=C\CCCCCC(=O)OC(COC(=O)CCCCCCCCCCCCCCCCCCCCCCCCCCCCCCC)COC(OCC[N+](C)(C)C)C(=O)[O-]. The van der Waals surface area contributed by atoms with Gasteiger partial charge in [-0.15, -0.1) is 0 Å². The van der Waals surface area contributed by atoms with Gasteiger partial charge in [-0.25, -0.2) is 0 Å². The predicted molar refractivity (Wildman–Crippen MR) is 279 cm³/mol. The number of ether oxygens (including phenoxy) is 4. The number of carboxylic acid groups (broad SMARTS) is 1. The summed E-state index contributed by atoms with van der Waals surface area (Å²) < 4.78 is 22.6. The molecule has 0 rings (SSSR count). The first-order valence-electron chi connectivity index (χ1n) is 28.1. The maximum absolute atomic E-state index is 12.8. The number of unbranched alkanes of at least 4 members (excludes halogenated alkanes) is 31. The van der Waals surface area contributed by atoms with Crippen LogP contribution in [0.25, 0.3) is 0 Å². The Morgan fingerprint density at radius 2 is 0.851 bits per heavy atom. The fourth-order valence-corrected chi connectivity index (χ4v) is 8.08. The Hall–Kier alpha value is -2.49. The average molecular weight is 946 g/mol. The molecule has 0 N–H and O–H groups in total. The van der Waals surface area contributed by atoms with E-state index in [0.717, 1.165) is 57.8 Å². The van der Waals surface area contributed by atoms with Crippen molar-refractivity contribution in [3.05, 3.63) is 36.5 Å². The smallest absolute Gasteiger partial charge is 0.306 e.